The number of aromatic nitrogens is 1. The Labute approximate surface area is 130 Å². The fraction of sp³-hybridized carbons (Fsp3) is 0.133. The summed E-state index contributed by atoms with van der Waals surface area (Å²) in [6, 6.07) is 6.49. The van der Waals surface area contributed by atoms with Gasteiger partial charge in [-0.2, -0.15) is 0 Å². The van der Waals surface area contributed by atoms with Crippen molar-refractivity contribution < 1.29 is 14.7 Å². The number of carboxylic acids is 1. The van der Waals surface area contributed by atoms with Crippen molar-refractivity contribution in [3.8, 4) is 0 Å². The first kappa shape index (κ1) is 15.2. The number of pyridine rings is 1. The quantitative estimate of drug-likeness (QED) is 0.833. The summed E-state index contributed by atoms with van der Waals surface area (Å²) < 4.78 is 0.637. The summed E-state index contributed by atoms with van der Waals surface area (Å²) in [5.74, 6) is -1.36. The van der Waals surface area contributed by atoms with Gasteiger partial charge >= 0.3 is 5.97 Å². The molecule has 6 heteroatoms. The minimum absolute atomic E-state index is 0.180. The van der Waals surface area contributed by atoms with Gasteiger partial charge in [0.2, 0.25) is 0 Å². The lowest BCUT2D eigenvalue weighted by molar-refractivity contribution is 0.0695. The van der Waals surface area contributed by atoms with Crippen molar-refractivity contribution in [2.24, 2.45) is 0 Å². The highest BCUT2D eigenvalue weighted by Crippen LogP contribution is 2.20. The van der Waals surface area contributed by atoms with Crippen LogP contribution in [-0.4, -0.2) is 22.0 Å². The van der Waals surface area contributed by atoms with Crippen LogP contribution in [0.2, 0.25) is 0 Å². The number of carboxylic acid groups (broad SMARTS) is 1. The Kier molecular flexibility index (Phi) is 4.37. The van der Waals surface area contributed by atoms with E-state index in [0.717, 1.165) is 5.56 Å². The van der Waals surface area contributed by atoms with Gasteiger partial charge in [0, 0.05) is 11.9 Å². The number of nitrogens with zero attached hydrogens (tertiary/aromatic N) is 1. The highest BCUT2D eigenvalue weighted by molar-refractivity contribution is 9.10. The fourth-order valence-corrected chi connectivity index (χ4v) is 2.10. The van der Waals surface area contributed by atoms with Crippen LogP contribution in [0.5, 0.6) is 0 Å². The van der Waals surface area contributed by atoms with Crippen LogP contribution in [0.25, 0.3) is 0 Å². The molecule has 2 rings (SSSR count). The van der Waals surface area contributed by atoms with Gasteiger partial charge in [-0.15, -0.1) is 0 Å². The van der Waals surface area contributed by atoms with Crippen LogP contribution >= 0.6 is 15.9 Å². The maximum Gasteiger partial charge on any atom is 0.336 e. The van der Waals surface area contributed by atoms with Crippen molar-refractivity contribution in [1.29, 1.82) is 0 Å². The average molecular weight is 349 g/mol. The fourth-order valence-electron chi connectivity index (χ4n) is 1.87. The summed E-state index contributed by atoms with van der Waals surface area (Å²) in [5.41, 5.74) is 2.51. The van der Waals surface area contributed by atoms with Gasteiger partial charge < -0.3 is 10.4 Å². The number of aromatic carboxylic acids is 1. The zero-order valence-electron chi connectivity index (χ0n) is 11.5. The summed E-state index contributed by atoms with van der Waals surface area (Å²) in [4.78, 5) is 27.3. The lowest BCUT2D eigenvalue weighted by Gasteiger charge is -2.10. The Balaban J connectivity index is 2.29. The van der Waals surface area contributed by atoms with Crippen molar-refractivity contribution in [2.75, 3.05) is 5.32 Å². The number of rotatable bonds is 3. The van der Waals surface area contributed by atoms with E-state index in [-0.39, 0.29) is 11.5 Å². The molecule has 1 aromatic carbocycles. The number of hydrogen-bond acceptors (Lipinski definition) is 3. The number of carbonyl (C=O) groups is 2. The second-order valence-electron chi connectivity index (χ2n) is 4.59. The molecule has 108 valence electrons. The van der Waals surface area contributed by atoms with Gasteiger partial charge in [-0.3, -0.25) is 4.79 Å². The SMILES string of the molecule is Cc1cc(NC(=O)c2ccc(Br)nc2)cc(C(=O)O)c1C. The predicted molar refractivity (Wildman–Crippen MR) is 82.8 cm³/mol. The summed E-state index contributed by atoms with van der Waals surface area (Å²) in [6.45, 7) is 3.54. The molecule has 1 aromatic heterocycles. The Morgan fingerprint density at radius 1 is 1.24 bits per heavy atom. The van der Waals surface area contributed by atoms with E-state index >= 15 is 0 Å². The molecule has 21 heavy (non-hydrogen) atoms. The molecular formula is C15H13BrN2O3. The molecule has 0 bridgehead atoms. The van der Waals surface area contributed by atoms with Crippen molar-refractivity contribution in [3.05, 3.63) is 57.3 Å². The van der Waals surface area contributed by atoms with E-state index in [1.54, 1.807) is 32.0 Å². The normalized spacial score (nSPS) is 10.2. The van der Waals surface area contributed by atoms with Gasteiger partial charge in [0.15, 0.2) is 0 Å². The number of benzene rings is 1. The first-order valence-electron chi connectivity index (χ1n) is 6.16. The molecule has 2 aromatic rings. The van der Waals surface area contributed by atoms with Crippen LogP contribution in [0.15, 0.2) is 35.1 Å². The molecule has 0 aliphatic rings. The highest BCUT2D eigenvalue weighted by atomic mass is 79.9. The predicted octanol–water partition coefficient (Wildman–Crippen LogP) is 3.41. The molecule has 0 unspecified atom stereocenters. The summed E-state index contributed by atoms with van der Waals surface area (Å²) in [7, 11) is 0. The first-order chi connectivity index (χ1) is 9.88. The van der Waals surface area contributed by atoms with Gasteiger partial charge in [-0.1, -0.05) is 0 Å². The number of nitrogens with one attached hydrogen (secondary N) is 1. The van der Waals surface area contributed by atoms with Gasteiger partial charge in [-0.25, -0.2) is 9.78 Å². The lowest BCUT2D eigenvalue weighted by Crippen LogP contribution is -2.13. The number of halogens is 1. The molecule has 0 atom stereocenters. The van der Waals surface area contributed by atoms with Gasteiger partial charge in [0.25, 0.3) is 5.91 Å². The van der Waals surface area contributed by atoms with Crippen LogP contribution < -0.4 is 5.32 Å². The summed E-state index contributed by atoms with van der Waals surface area (Å²) in [6.07, 6.45) is 1.44. The Bertz CT molecular complexity index is 712. The standard InChI is InChI=1S/C15H13BrN2O3/c1-8-5-11(6-12(9(8)2)15(20)21)18-14(19)10-3-4-13(16)17-7-10/h3-7H,1-2H3,(H,18,19)(H,20,21). The Hall–Kier alpha value is -2.21. The number of carbonyl (C=O) groups excluding carboxylic acids is 1. The zero-order valence-corrected chi connectivity index (χ0v) is 13.1. The minimum Gasteiger partial charge on any atom is -0.478 e. The topological polar surface area (TPSA) is 79.3 Å². The number of aryl methyl sites for hydroxylation is 1. The number of hydrogen-bond donors (Lipinski definition) is 2. The van der Waals surface area contributed by atoms with Gasteiger partial charge in [-0.05, 0) is 65.2 Å². The summed E-state index contributed by atoms with van der Waals surface area (Å²) >= 11 is 3.20. The third kappa shape index (κ3) is 3.46. The maximum absolute atomic E-state index is 12.1. The largest absolute Gasteiger partial charge is 0.478 e. The molecule has 0 saturated carbocycles. The second-order valence-corrected chi connectivity index (χ2v) is 5.41. The van der Waals surface area contributed by atoms with Gasteiger partial charge in [0.1, 0.15) is 4.60 Å². The average Bonchev–Trinajstić information content (AvgIpc) is 2.43. The molecule has 0 saturated heterocycles. The van der Waals surface area contributed by atoms with E-state index in [9.17, 15) is 9.59 Å². The minimum atomic E-state index is -1.02. The molecule has 0 spiro atoms. The zero-order chi connectivity index (χ0) is 15.6. The van der Waals surface area contributed by atoms with E-state index in [1.165, 1.54) is 12.3 Å². The van der Waals surface area contributed by atoms with Crippen molar-refractivity contribution >= 4 is 33.5 Å². The third-order valence-corrected chi connectivity index (χ3v) is 3.61. The Morgan fingerprint density at radius 3 is 2.52 bits per heavy atom. The van der Waals surface area contributed by atoms with Crippen molar-refractivity contribution in [1.82, 2.24) is 4.98 Å². The smallest absolute Gasteiger partial charge is 0.336 e. The molecule has 1 heterocycles. The van der Waals surface area contributed by atoms with Crippen molar-refractivity contribution in [3.63, 3.8) is 0 Å². The van der Waals surface area contributed by atoms with Crippen LogP contribution in [0.3, 0.4) is 0 Å². The lowest BCUT2D eigenvalue weighted by atomic mass is 10.0. The van der Waals surface area contributed by atoms with Crippen LogP contribution in [0.4, 0.5) is 5.69 Å². The molecular weight excluding hydrogens is 336 g/mol. The maximum atomic E-state index is 12.1. The number of anilines is 1. The van der Waals surface area contributed by atoms with Gasteiger partial charge in [0.05, 0.1) is 11.1 Å². The molecule has 5 nitrogen and oxygen atoms in total. The molecule has 2 N–H and O–H groups in total. The van der Waals surface area contributed by atoms with E-state index in [0.29, 0.717) is 21.4 Å². The van der Waals surface area contributed by atoms with E-state index < -0.39 is 5.97 Å². The van der Waals surface area contributed by atoms with Crippen LogP contribution in [0, 0.1) is 13.8 Å². The summed E-state index contributed by atoms with van der Waals surface area (Å²) in [5, 5.41) is 11.9. The second kappa shape index (κ2) is 6.05. The molecule has 0 radical (unpaired) electrons. The van der Waals surface area contributed by atoms with Crippen LogP contribution in [0.1, 0.15) is 31.8 Å². The highest BCUT2D eigenvalue weighted by Gasteiger charge is 2.13. The third-order valence-electron chi connectivity index (χ3n) is 3.15. The van der Waals surface area contributed by atoms with E-state index in [1.807, 2.05) is 0 Å². The van der Waals surface area contributed by atoms with Crippen LogP contribution in [-0.2, 0) is 0 Å². The van der Waals surface area contributed by atoms with E-state index in [2.05, 4.69) is 26.2 Å². The monoisotopic (exact) mass is 348 g/mol. The first-order valence-corrected chi connectivity index (χ1v) is 6.95. The van der Waals surface area contributed by atoms with E-state index in [4.69, 9.17) is 5.11 Å². The number of amides is 1. The Morgan fingerprint density at radius 2 is 1.95 bits per heavy atom. The molecule has 0 aliphatic heterocycles. The molecule has 0 aliphatic carbocycles. The van der Waals surface area contributed by atoms with Crippen molar-refractivity contribution in [2.45, 2.75) is 13.8 Å². The molecule has 0 fully saturated rings. The molecule has 1 amide bonds.